The van der Waals surface area contributed by atoms with E-state index in [4.69, 9.17) is 0 Å². The minimum atomic E-state index is -3.17. The standard InChI is InChI=1S/C17H13NO2S2/c1-22(19,20)14-7-8-15-16(10-14)21-17-9-13(11-18(15)17)12-5-3-2-4-6-12/h2-11H,1H3. The maximum absolute atomic E-state index is 11.7. The van der Waals surface area contributed by atoms with E-state index in [2.05, 4.69) is 28.8 Å². The molecular weight excluding hydrogens is 314 g/mol. The van der Waals surface area contributed by atoms with E-state index in [-0.39, 0.29) is 0 Å². The lowest BCUT2D eigenvalue weighted by molar-refractivity contribution is 0.602. The van der Waals surface area contributed by atoms with Crippen molar-refractivity contribution in [1.29, 1.82) is 0 Å². The second-order valence-electron chi connectivity index (χ2n) is 5.31. The summed E-state index contributed by atoms with van der Waals surface area (Å²) in [6.07, 6.45) is 3.34. The van der Waals surface area contributed by atoms with Gasteiger partial charge in [-0.25, -0.2) is 8.42 Å². The molecule has 2 aromatic carbocycles. The molecule has 2 heterocycles. The molecule has 0 fully saturated rings. The van der Waals surface area contributed by atoms with E-state index in [0.29, 0.717) is 4.90 Å². The van der Waals surface area contributed by atoms with Crippen LogP contribution in [0.5, 0.6) is 0 Å². The zero-order valence-corrected chi connectivity index (χ0v) is 13.5. The maximum Gasteiger partial charge on any atom is 0.175 e. The van der Waals surface area contributed by atoms with E-state index >= 15 is 0 Å². The van der Waals surface area contributed by atoms with Gasteiger partial charge in [-0.15, -0.1) is 11.3 Å². The molecule has 0 saturated carbocycles. The van der Waals surface area contributed by atoms with Crippen molar-refractivity contribution in [3.05, 3.63) is 60.8 Å². The summed E-state index contributed by atoms with van der Waals surface area (Å²) in [5, 5.41) is 0. The predicted octanol–water partition coefficient (Wildman–Crippen LogP) is 4.22. The van der Waals surface area contributed by atoms with Crippen molar-refractivity contribution in [1.82, 2.24) is 4.40 Å². The molecule has 0 N–H and O–H groups in total. The summed E-state index contributed by atoms with van der Waals surface area (Å²) in [5.41, 5.74) is 3.38. The fourth-order valence-electron chi connectivity index (χ4n) is 2.62. The maximum atomic E-state index is 11.7. The lowest BCUT2D eigenvalue weighted by atomic mass is 10.1. The summed E-state index contributed by atoms with van der Waals surface area (Å²) < 4.78 is 26.4. The Hall–Kier alpha value is -2.11. The van der Waals surface area contributed by atoms with Gasteiger partial charge in [0.1, 0.15) is 4.83 Å². The van der Waals surface area contributed by atoms with Crippen molar-refractivity contribution in [2.24, 2.45) is 0 Å². The number of rotatable bonds is 2. The van der Waals surface area contributed by atoms with Crippen LogP contribution in [0, 0.1) is 0 Å². The normalized spacial score (nSPS) is 12.2. The van der Waals surface area contributed by atoms with Gasteiger partial charge in [0.25, 0.3) is 0 Å². The van der Waals surface area contributed by atoms with E-state index in [1.807, 2.05) is 24.3 Å². The average molecular weight is 327 g/mol. The molecule has 0 aliphatic rings. The summed E-state index contributed by atoms with van der Waals surface area (Å²) in [4.78, 5) is 1.48. The molecule has 0 spiro atoms. The van der Waals surface area contributed by atoms with Gasteiger partial charge in [0, 0.05) is 18.0 Å². The Morgan fingerprint density at radius 2 is 1.73 bits per heavy atom. The second kappa shape index (κ2) is 4.69. The van der Waals surface area contributed by atoms with Gasteiger partial charge in [-0.1, -0.05) is 30.3 Å². The molecule has 0 atom stereocenters. The Morgan fingerprint density at radius 3 is 2.45 bits per heavy atom. The van der Waals surface area contributed by atoms with Crippen molar-refractivity contribution in [2.45, 2.75) is 4.90 Å². The number of fused-ring (bicyclic) bond motifs is 3. The Kier molecular flexibility index (Phi) is 2.89. The lowest BCUT2D eigenvalue weighted by Gasteiger charge is -1.98. The van der Waals surface area contributed by atoms with Crippen molar-refractivity contribution < 1.29 is 8.42 Å². The summed E-state index contributed by atoms with van der Waals surface area (Å²) in [5.74, 6) is 0. The number of nitrogens with zero attached hydrogens (tertiary/aromatic N) is 1. The third-order valence-corrected chi connectivity index (χ3v) is 5.91. The van der Waals surface area contributed by atoms with Gasteiger partial charge < -0.3 is 4.40 Å². The third kappa shape index (κ3) is 2.14. The smallest absolute Gasteiger partial charge is 0.175 e. The lowest BCUT2D eigenvalue weighted by Crippen LogP contribution is -1.96. The average Bonchev–Trinajstić information content (AvgIpc) is 3.04. The number of sulfone groups is 1. The Balaban J connectivity index is 1.92. The molecule has 0 radical (unpaired) electrons. The monoisotopic (exact) mass is 327 g/mol. The van der Waals surface area contributed by atoms with Crippen LogP contribution in [0.25, 0.3) is 26.2 Å². The largest absolute Gasteiger partial charge is 0.307 e. The van der Waals surface area contributed by atoms with Crippen LogP contribution in [-0.2, 0) is 9.84 Å². The SMILES string of the molecule is CS(=O)(=O)c1ccc2c(c1)sc1cc(-c3ccccc3)cn12. The zero-order valence-electron chi connectivity index (χ0n) is 11.9. The number of aromatic nitrogens is 1. The highest BCUT2D eigenvalue weighted by atomic mass is 32.2. The fourth-order valence-corrected chi connectivity index (χ4v) is 4.46. The van der Waals surface area contributed by atoms with E-state index in [9.17, 15) is 8.42 Å². The highest BCUT2D eigenvalue weighted by molar-refractivity contribution is 7.90. The van der Waals surface area contributed by atoms with Gasteiger partial charge in [0.2, 0.25) is 0 Å². The molecule has 0 amide bonds. The highest BCUT2D eigenvalue weighted by Crippen LogP contribution is 2.33. The Morgan fingerprint density at radius 1 is 0.955 bits per heavy atom. The molecule has 0 aliphatic heterocycles. The van der Waals surface area contributed by atoms with Crippen LogP contribution in [-0.4, -0.2) is 19.1 Å². The number of thiazole rings is 1. The molecule has 3 nitrogen and oxygen atoms in total. The van der Waals surface area contributed by atoms with Crippen LogP contribution >= 0.6 is 11.3 Å². The first-order chi connectivity index (χ1) is 10.5. The summed E-state index contributed by atoms with van der Waals surface area (Å²) in [6.45, 7) is 0. The minimum Gasteiger partial charge on any atom is -0.307 e. The molecule has 4 rings (SSSR count). The molecule has 0 saturated heterocycles. The Bertz CT molecular complexity index is 1090. The molecule has 0 bridgehead atoms. The Labute approximate surface area is 132 Å². The molecule has 22 heavy (non-hydrogen) atoms. The number of benzene rings is 2. The van der Waals surface area contributed by atoms with Crippen LogP contribution in [0.2, 0.25) is 0 Å². The molecule has 4 aromatic rings. The van der Waals surface area contributed by atoms with Gasteiger partial charge in [-0.3, -0.25) is 0 Å². The van der Waals surface area contributed by atoms with E-state index in [0.717, 1.165) is 15.0 Å². The summed E-state index contributed by atoms with van der Waals surface area (Å²) in [7, 11) is -3.17. The first-order valence-corrected chi connectivity index (χ1v) is 9.53. The van der Waals surface area contributed by atoms with Crippen molar-refractivity contribution in [2.75, 3.05) is 6.26 Å². The molecule has 0 aliphatic carbocycles. The van der Waals surface area contributed by atoms with Crippen molar-refractivity contribution in [3.63, 3.8) is 0 Å². The number of hydrogen-bond acceptors (Lipinski definition) is 3. The molecule has 110 valence electrons. The first kappa shape index (κ1) is 13.5. The predicted molar refractivity (Wildman–Crippen MR) is 91.3 cm³/mol. The quantitative estimate of drug-likeness (QED) is 0.553. The van der Waals surface area contributed by atoms with Crippen LogP contribution in [0.3, 0.4) is 0 Å². The van der Waals surface area contributed by atoms with E-state index in [1.54, 1.807) is 23.5 Å². The first-order valence-electron chi connectivity index (χ1n) is 6.82. The molecule has 5 heteroatoms. The van der Waals surface area contributed by atoms with Crippen molar-refractivity contribution in [3.8, 4) is 11.1 Å². The van der Waals surface area contributed by atoms with Crippen LogP contribution in [0.1, 0.15) is 0 Å². The topological polar surface area (TPSA) is 38.5 Å². The molecule has 0 unspecified atom stereocenters. The van der Waals surface area contributed by atoms with Gasteiger partial charge in [-0.05, 0) is 29.8 Å². The van der Waals surface area contributed by atoms with E-state index < -0.39 is 9.84 Å². The highest BCUT2D eigenvalue weighted by Gasteiger charge is 2.12. The van der Waals surface area contributed by atoms with Crippen LogP contribution < -0.4 is 0 Å². The fraction of sp³-hybridized carbons (Fsp3) is 0.0588. The van der Waals surface area contributed by atoms with Gasteiger partial charge in [0.15, 0.2) is 9.84 Å². The van der Waals surface area contributed by atoms with Crippen LogP contribution in [0.4, 0.5) is 0 Å². The van der Waals surface area contributed by atoms with Crippen LogP contribution in [0.15, 0.2) is 65.7 Å². The van der Waals surface area contributed by atoms with E-state index in [1.165, 1.54) is 17.4 Å². The third-order valence-electron chi connectivity index (χ3n) is 3.73. The van der Waals surface area contributed by atoms with Crippen molar-refractivity contribution >= 4 is 36.2 Å². The number of hydrogen-bond donors (Lipinski definition) is 0. The van der Waals surface area contributed by atoms with Gasteiger partial charge in [-0.2, -0.15) is 0 Å². The summed E-state index contributed by atoms with van der Waals surface area (Å²) >= 11 is 1.61. The molecular formula is C17H13NO2S2. The summed E-state index contributed by atoms with van der Waals surface area (Å²) in [6, 6.07) is 17.7. The minimum absolute atomic E-state index is 0.368. The second-order valence-corrected chi connectivity index (χ2v) is 8.38. The van der Waals surface area contributed by atoms with Gasteiger partial charge in [0.05, 0.1) is 15.1 Å². The zero-order chi connectivity index (χ0) is 15.3. The van der Waals surface area contributed by atoms with Gasteiger partial charge >= 0.3 is 0 Å². The molecule has 2 aromatic heterocycles.